The highest BCUT2D eigenvalue weighted by atomic mass is 15.0. The third-order valence-electron chi connectivity index (χ3n) is 3.39. The summed E-state index contributed by atoms with van der Waals surface area (Å²) in [7, 11) is 0. The molecule has 0 aromatic rings. The van der Waals surface area contributed by atoms with E-state index in [0.29, 0.717) is 0 Å². The van der Waals surface area contributed by atoms with Crippen molar-refractivity contribution in [3.8, 4) is 0 Å². The van der Waals surface area contributed by atoms with Gasteiger partial charge in [0.25, 0.3) is 0 Å². The molecular weight excluding hydrogens is 174 g/mol. The monoisotopic (exact) mass is 197 g/mol. The molecule has 0 radical (unpaired) electrons. The Hall–Kier alpha value is -0.120. The number of piperidine rings is 2. The lowest BCUT2D eigenvalue weighted by Gasteiger charge is -2.28. The van der Waals surface area contributed by atoms with Crippen LogP contribution in [0, 0.1) is 5.92 Å². The fraction of sp³-hybridized carbons (Fsp3) is 1.00. The summed E-state index contributed by atoms with van der Waals surface area (Å²) in [6.45, 7) is 6.03. The van der Waals surface area contributed by atoms with Crippen LogP contribution in [0.4, 0.5) is 0 Å². The molecular formula is C11H23N3. The molecule has 82 valence electrons. The average Bonchev–Trinajstić information content (AvgIpc) is 2.29. The minimum atomic E-state index is 0.727. The van der Waals surface area contributed by atoms with Crippen molar-refractivity contribution in [2.45, 2.75) is 31.7 Å². The molecule has 14 heavy (non-hydrogen) atoms. The van der Waals surface area contributed by atoms with Crippen molar-refractivity contribution in [1.82, 2.24) is 16.0 Å². The van der Waals surface area contributed by atoms with E-state index in [1.54, 1.807) is 0 Å². The molecule has 2 aliphatic heterocycles. The summed E-state index contributed by atoms with van der Waals surface area (Å²) >= 11 is 0. The molecule has 0 spiro atoms. The summed E-state index contributed by atoms with van der Waals surface area (Å²) in [6, 6.07) is 0.727. The molecule has 2 atom stereocenters. The maximum absolute atomic E-state index is 3.69. The SMILES string of the molecule is C1CNCC(CNC2CCCNC2)C1. The molecule has 0 aromatic carbocycles. The van der Waals surface area contributed by atoms with Gasteiger partial charge in [-0.15, -0.1) is 0 Å². The zero-order chi connectivity index (χ0) is 9.64. The first-order valence-electron chi connectivity index (χ1n) is 6.10. The van der Waals surface area contributed by atoms with Crippen LogP contribution in [0.2, 0.25) is 0 Å². The van der Waals surface area contributed by atoms with Crippen molar-refractivity contribution < 1.29 is 0 Å². The van der Waals surface area contributed by atoms with E-state index < -0.39 is 0 Å². The topological polar surface area (TPSA) is 36.1 Å². The Kier molecular flexibility index (Phi) is 4.22. The van der Waals surface area contributed by atoms with Crippen LogP contribution < -0.4 is 16.0 Å². The van der Waals surface area contributed by atoms with Gasteiger partial charge in [-0.1, -0.05) is 0 Å². The van der Waals surface area contributed by atoms with Gasteiger partial charge in [-0.3, -0.25) is 0 Å². The first-order valence-corrected chi connectivity index (χ1v) is 6.10. The molecule has 2 saturated heterocycles. The molecule has 0 aliphatic carbocycles. The van der Waals surface area contributed by atoms with Gasteiger partial charge in [-0.2, -0.15) is 0 Å². The summed E-state index contributed by atoms with van der Waals surface area (Å²) in [5, 5.41) is 10.6. The first-order chi connectivity index (χ1) is 6.95. The third-order valence-corrected chi connectivity index (χ3v) is 3.39. The number of hydrogen-bond acceptors (Lipinski definition) is 3. The van der Waals surface area contributed by atoms with Crippen molar-refractivity contribution in [1.29, 1.82) is 0 Å². The van der Waals surface area contributed by atoms with Gasteiger partial charge in [0.05, 0.1) is 0 Å². The largest absolute Gasteiger partial charge is 0.316 e. The highest BCUT2D eigenvalue weighted by Crippen LogP contribution is 2.09. The zero-order valence-electron chi connectivity index (χ0n) is 9.02. The third kappa shape index (κ3) is 3.23. The van der Waals surface area contributed by atoms with E-state index in [1.165, 1.54) is 58.4 Å². The lowest BCUT2D eigenvalue weighted by molar-refractivity contribution is 0.318. The molecule has 2 heterocycles. The molecule has 3 heteroatoms. The maximum atomic E-state index is 3.69. The van der Waals surface area contributed by atoms with E-state index in [9.17, 15) is 0 Å². The van der Waals surface area contributed by atoms with Crippen molar-refractivity contribution in [3.63, 3.8) is 0 Å². The lowest BCUT2D eigenvalue weighted by Crippen LogP contribution is -2.46. The van der Waals surface area contributed by atoms with Gasteiger partial charge in [0.1, 0.15) is 0 Å². The quantitative estimate of drug-likeness (QED) is 0.610. The smallest absolute Gasteiger partial charge is 0.0193 e. The molecule has 2 unspecified atom stereocenters. The lowest BCUT2D eigenvalue weighted by atomic mass is 9.98. The Balaban J connectivity index is 1.60. The van der Waals surface area contributed by atoms with Crippen LogP contribution >= 0.6 is 0 Å². The Morgan fingerprint density at radius 2 is 1.79 bits per heavy atom. The second-order valence-corrected chi connectivity index (χ2v) is 4.66. The Morgan fingerprint density at radius 1 is 1.00 bits per heavy atom. The van der Waals surface area contributed by atoms with Crippen LogP contribution in [0.5, 0.6) is 0 Å². The normalized spacial score (nSPS) is 34.3. The molecule has 0 saturated carbocycles. The fourth-order valence-electron chi connectivity index (χ4n) is 2.46. The average molecular weight is 197 g/mol. The van der Waals surface area contributed by atoms with E-state index in [0.717, 1.165) is 12.0 Å². The summed E-state index contributed by atoms with van der Waals surface area (Å²) in [5.41, 5.74) is 0. The molecule has 2 fully saturated rings. The second-order valence-electron chi connectivity index (χ2n) is 4.66. The van der Waals surface area contributed by atoms with Crippen LogP contribution in [0.3, 0.4) is 0 Å². The van der Waals surface area contributed by atoms with E-state index in [1.807, 2.05) is 0 Å². The van der Waals surface area contributed by atoms with Gasteiger partial charge in [-0.05, 0) is 57.8 Å². The van der Waals surface area contributed by atoms with E-state index >= 15 is 0 Å². The number of hydrogen-bond donors (Lipinski definition) is 3. The maximum Gasteiger partial charge on any atom is 0.0193 e. The van der Waals surface area contributed by atoms with Crippen LogP contribution in [0.25, 0.3) is 0 Å². The highest BCUT2D eigenvalue weighted by Gasteiger charge is 2.16. The minimum absolute atomic E-state index is 0.727. The summed E-state index contributed by atoms with van der Waals surface area (Å²) < 4.78 is 0. The predicted octanol–water partition coefficient (Wildman–Crippen LogP) is 0.328. The molecule has 3 N–H and O–H groups in total. The van der Waals surface area contributed by atoms with Gasteiger partial charge >= 0.3 is 0 Å². The Morgan fingerprint density at radius 3 is 2.43 bits per heavy atom. The van der Waals surface area contributed by atoms with E-state index in [-0.39, 0.29) is 0 Å². The minimum Gasteiger partial charge on any atom is -0.316 e. The fourth-order valence-corrected chi connectivity index (χ4v) is 2.46. The number of nitrogens with one attached hydrogen (secondary N) is 3. The molecule has 2 rings (SSSR count). The van der Waals surface area contributed by atoms with Crippen molar-refractivity contribution in [2.75, 3.05) is 32.7 Å². The van der Waals surface area contributed by atoms with Crippen molar-refractivity contribution in [2.24, 2.45) is 5.92 Å². The summed E-state index contributed by atoms with van der Waals surface area (Å²) in [6.07, 6.45) is 5.45. The Labute approximate surface area is 87.0 Å². The predicted molar refractivity (Wildman–Crippen MR) is 59.5 cm³/mol. The van der Waals surface area contributed by atoms with Gasteiger partial charge in [0, 0.05) is 12.6 Å². The standard InChI is InChI=1S/C11H23N3/c1-3-10(7-12-5-1)8-14-11-4-2-6-13-9-11/h10-14H,1-9H2. The molecule has 3 nitrogen and oxygen atoms in total. The molecule has 0 aromatic heterocycles. The summed E-state index contributed by atoms with van der Waals surface area (Å²) in [4.78, 5) is 0. The van der Waals surface area contributed by atoms with Crippen LogP contribution in [0.1, 0.15) is 25.7 Å². The highest BCUT2D eigenvalue weighted by molar-refractivity contribution is 4.78. The molecule has 2 aliphatic rings. The van der Waals surface area contributed by atoms with Crippen molar-refractivity contribution >= 4 is 0 Å². The molecule has 0 bridgehead atoms. The van der Waals surface area contributed by atoms with Gasteiger partial charge in [-0.25, -0.2) is 0 Å². The van der Waals surface area contributed by atoms with Crippen LogP contribution in [-0.2, 0) is 0 Å². The zero-order valence-corrected chi connectivity index (χ0v) is 9.02. The van der Waals surface area contributed by atoms with E-state index in [4.69, 9.17) is 0 Å². The first kappa shape index (κ1) is 10.4. The van der Waals surface area contributed by atoms with Gasteiger partial charge < -0.3 is 16.0 Å². The van der Waals surface area contributed by atoms with Crippen LogP contribution in [-0.4, -0.2) is 38.8 Å². The van der Waals surface area contributed by atoms with Crippen LogP contribution in [0.15, 0.2) is 0 Å². The van der Waals surface area contributed by atoms with Gasteiger partial charge in [0.15, 0.2) is 0 Å². The summed E-state index contributed by atoms with van der Waals surface area (Å²) in [5.74, 6) is 0.866. The number of rotatable bonds is 3. The van der Waals surface area contributed by atoms with E-state index in [2.05, 4.69) is 16.0 Å². The second kappa shape index (κ2) is 5.69. The van der Waals surface area contributed by atoms with Crippen molar-refractivity contribution in [3.05, 3.63) is 0 Å². The molecule has 0 amide bonds. The van der Waals surface area contributed by atoms with Gasteiger partial charge in [0.2, 0.25) is 0 Å². The Bertz CT molecular complexity index is 131.